The molecule has 0 saturated carbocycles. The SMILES string of the molecule is COc1cc(OC)cc(-c2nc(S/C(=C\c3ccccc3OCc3ccc(F)cc3)C(=O)O)n[nH]2)c1. The van der Waals surface area contributed by atoms with E-state index in [-0.39, 0.29) is 22.5 Å². The van der Waals surface area contributed by atoms with Crippen LogP contribution in [-0.4, -0.2) is 40.5 Å². The highest BCUT2D eigenvalue weighted by atomic mass is 32.2. The molecule has 0 spiro atoms. The van der Waals surface area contributed by atoms with E-state index in [9.17, 15) is 14.3 Å². The molecule has 184 valence electrons. The van der Waals surface area contributed by atoms with Gasteiger partial charge in [0, 0.05) is 17.2 Å². The van der Waals surface area contributed by atoms with Crippen LogP contribution in [0.15, 0.2) is 76.8 Å². The number of carboxylic acid groups (broad SMARTS) is 1. The molecule has 2 N–H and O–H groups in total. The van der Waals surface area contributed by atoms with Crippen LogP contribution in [0, 0.1) is 5.82 Å². The van der Waals surface area contributed by atoms with Crippen molar-refractivity contribution < 1.29 is 28.5 Å². The van der Waals surface area contributed by atoms with Crippen LogP contribution >= 0.6 is 11.8 Å². The van der Waals surface area contributed by atoms with E-state index in [4.69, 9.17) is 14.2 Å². The monoisotopic (exact) mass is 507 g/mol. The molecule has 4 rings (SSSR count). The largest absolute Gasteiger partial charge is 0.497 e. The highest BCUT2D eigenvalue weighted by Crippen LogP contribution is 2.32. The van der Waals surface area contributed by atoms with Crippen molar-refractivity contribution in [1.29, 1.82) is 0 Å². The molecular weight excluding hydrogens is 485 g/mol. The standard InChI is InChI=1S/C26H22FN3O5S/c1-33-20-11-18(12-21(14-20)34-2)24-28-26(30-29-24)36-23(25(31)32)13-17-5-3-4-6-22(17)35-15-16-7-9-19(27)10-8-16/h3-14H,15H2,1-2H3,(H,31,32)(H,28,29,30)/b23-13-. The molecule has 1 aromatic heterocycles. The smallest absolute Gasteiger partial charge is 0.342 e. The predicted octanol–water partition coefficient (Wildman–Crippen LogP) is 5.42. The van der Waals surface area contributed by atoms with Crippen LogP contribution in [-0.2, 0) is 11.4 Å². The minimum absolute atomic E-state index is 0.00149. The summed E-state index contributed by atoms with van der Waals surface area (Å²) in [7, 11) is 3.09. The van der Waals surface area contributed by atoms with Crippen molar-refractivity contribution in [3.63, 3.8) is 0 Å². The number of ether oxygens (including phenoxy) is 3. The zero-order valence-corrected chi connectivity index (χ0v) is 20.2. The van der Waals surface area contributed by atoms with E-state index in [0.29, 0.717) is 34.2 Å². The average molecular weight is 508 g/mol. The number of hydrogen-bond acceptors (Lipinski definition) is 7. The zero-order valence-electron chi connectivity index (χ0n) is 19.4. The number of aromatic nitrogens is 3. The van der Waals surface area contributed by atoms with Crippen molar-refractivity contribution in [3.05, 3.63) is 88.6 Å². The number of nitrogens with one attached hydrogen (secondary N) is 1. The lowest BCUT2D eigenvalue weighted by atomic mass is 10.2. The van der Waals surface area contributed by atoms with Gasteiger partial charge in [-0.05, 0) is 53.7 Å². The van der Waals surface area contributed by atoms with Crippen molar-refractivity contribution in [2.75, 3.05) is 14.2 Å². The fraction of sp³-hybridized carbons (Fsp3) is 0.115. The fourth-order valence-corrected chi connectivity index (χ4v) is 3.91. The Morgan fingerprint density at radius 1 is 1.06 bits per heavy atom. The van der Waals surface area contributed by atoms with Gasteiger partial charge < -0.3 is 19.3 Å². The molecule has 1 heterocycles. The molecule has 0 aliphatic rings. The first-order chi connectivity index (χ1) is 17.4. The number of para-hydroxylation sites is 1. The first kappa shape index (κ1) is 24.8. The van der Waals surface area contributed by atoms with E-state index in [1.807, 2.05) is 0 Å². The summed E-state index contributed by atoms with van der Waals surface area (Å²) in [4.78, 5) is 16.4. The van der Waals surface area contributed by atoms with Crippen LogP contribution in [0.25, 0.3) is 17.5 Å². The minimum atomic E-state index is -1.14. The summed E-state index contributed by atoms with van der Waals surface area (Å²) in [6, 6.07) is 18.3. The Bertz CT molecular complexity index is 1370. The third-order valence-corrected chi connectivity index (χ3v) is 5.89. The highest BCUT2D eigenvalue weighted by molar-refractivity contribution is 8.04. The molecule has 0 saturated heterocycles. The van der Waals surface area contributed by atoms with Crippen LogP contribution in [0.2, 0.25) is 0 Å². The van der Waals surface area contributed by atoms with Gasteiger partial charge in [-0.3, -0.25) is 5.10 Å². The molecule has 36 heavy (non-hydrogen) atoms. The topological polar surface area (TPSA) is 107 Å². The molecule has 0 aliphatic carbocycles. The Morgan fingerprint density at radius 2 is 1.75 bits per heavy atom. The van der Waals surface area contributed by atoms with Gasteiger partial charge in [0.1, 0.15) is 34.6 Å². The number of aromatic amines is 1. The van der Waals surface area contributed by atoms with Crippen LogP contribution in [0.5, 0.6) is 17.2 Å². The molecule has 0 unspecified atom stereocenters. The molecule has 0 radical (unpaired) electrons. The van der Waals surface area contributed by atoms with Gasteiger partial charge in [-0.25, -0.2) is 14.2 Å². The molecule has 10 heteroatoms. The number of carbonyl (C=O) groups is 1. The molecule has 0 amide bonds. The second-order valence-corrected chi connectivity index (χ2v) is 8.45. The number of rotatable bonds is 10. The maximum absolute atomic E-state index is 13.1. The predicted molar refractivity (Wildman–Crippen MR) is 134 cm³/mol. The van der Waals surface area contributed by atoms with Gasteiger partial charge in [0.25, 0.3) is 0 Å². The number of nitrogens with zero attached hydrogens (tertiary/aromatic N) is 2. The van der Waals surface area contributed by atoms with Crippen molar-refractivity contribution in [1.82, 2.24) is 15.2 Å². The van der Waals surface area contributed by atoms with E-state index in [1.165, 1.54) is 18.2 Å². The number of thioether (sulfide) groups is 1. The Balaban J connectivity index is 1.55. The first-order valence-corrected chi connectivity index (χ1v) is 11.5. The number of carboxylic acids is 1. The maximum atomic E-state index is 13.1. The van der Waals surface area contributed by atoms with Crippen LogP contribution in [0.1, 0.15) is 11.1 Å². The first-order valence-electron chi connectivity index (χ1n) is 10.7. The Labute approximate surface area is 210 Å². The second kappa shape index (κ2) is 11.4. The van der Waals surface area contributed by atoms with Gasteiger partial charge in [-0.2, -0.15) is 0 Å². The number of halogens is 1. The number of H-pyrrole nitrogens is 1. The summed E-state index contributed by atoms with van der Waals surface area (Å²) in [5.74, 6) is 0.619. The Hall–Kier alpha value is -4.31. The van der Waals surface area contributed by atoms with E-state index in [2.05, 4.69) is 15.2 Å². The van der Waals surface area contributed by atoms with Crippen molar-refractivity contribution in [2.24, 2.45) is 0 Å². The highest BCUT2D eigenvalue weighted by Gasteiger charge is 2.16. The van der Waals surface area contributed by atoms with Gasteiger partial charge in [0.15, 0.2) is 5.82 Å². The molecule has 3 aromatic carbocycles. The lowest BCUT2D eigenvalue weighted by Gasteiger charge is -2.10. The number of methoxy groups -OCH3 is 2. The quantitative estimate of drug-likeness (QED) is 0.216. The lowest BCUT2D eigenvalue weighted by Crippen LogP contribution is -2.00. The van der Waals surface area contributed by atoms with Gasteiger partial charge in [-0.15, -0.1) is 5.10 Å². The van der Waals surface area contributed by atoms with Crippen LogP contribution in [0.4, 0.5) is 4.39 Å². The van der Waals surface area contributed by atoms with Gasteiger partial charge in [-0.1, -0.05) is 30.3 Å². The van der Waals surface area contributed by atoms with Crippen molar-refractivity contribution >= 4 is 23.8 Å². The Morgan fingerprint density at radius 3 is 2.42 bits per heavy atom. The summed E-state index contributed by atoms with van der Waals surface area (Å²) >= 11 is 0.900. The van der Waals surface area contributed by atoms with E-state index >= 15 is 0 Å². The van der Waals surface area contributed by atoms with Crippen molar-refractivity contribution in [2.45, 2.75) is 11.8 Å². The van der Waals surface area contributed by atoms with Crippen LogP contribution < -0.4 is 14.2 Å². The third kappa shape index (κ3) is 6.22. The van der Waals surface area contributed by atoms with Crippen LogP contribution in [0.3, 0.4) is 0 Å². The Kier molecular flexibility index (Phi) is 7.86. The number of hydrogen-bond donors (Lipinski definition) is 2. The fourth-order valence-electron chi connectivity index (χ4n) is 3.21. The van der Waals surface area contributed by atoms with Gasteiger partial charge in [0.2, 0.25) is 5.16 Å². The number of benzene rings is 3. The van der Waals surface area contributed by atoms with E-state index in [0.717, 1.165) is 17.3 Å². The molecule has 0 aliphatic heterocycles. The molecule has 0 bridgehead atoms. The molecule has 8 nitrogen and oxygen atoms in total. The lowest BCUT2D eigenvalue weighted by molar-refractivity contribution is -0.131. The van der Waals surface area contributed by atoms with Crippen molar-refractivity contribution in [3.8, 4) is 28.6 Å². The van der Waals surface area contributed by atoms with E-state index < -0.39 is 5.97 Å². The summed E-state index contributed by atoms with van der Waals surface area (Å²) in [5.41, 5.74) is 2.02. The summed E-state index contributed by atoms with van der Waals surface area (Å²) < 4.78 is 29.6. The third-order valence-electron chi connectivity index (χ3n) is 5.02. The van der Waals surface area contributed by atoms with Gasteiger partial charge in [0.05, 0.1) is 14.2 Å². The number of aliphatic carboxylic acids is 1. The summed E-state index contributed by atoms with van der Waals surface area (Å²) in [6.45, 7) is 0.203. The second-order valence-electron chi connectivity index (χ2n) is 7.44. The minimum Gasteiger partial charge on any atom is -0.497 e. The normalized spacial score (nSPS) is 11.2. The molecule has 0 fully saturated rings. The molecular formula is C26H22FN3O5S. The summed E-state index contributed by atoms with van der Waals surface area (Å²) in [5, 5.41) is 17.0. The maximum Gasteiger partial charge on any atom is 0.342 e. The summed E-state index contributed by atoms with van der Waals surface area (Å²) in [6.07, 6.45) is 1.50. The van der Waals surface area contributed by atoms with Gasteiger partial charge >= 0.3 is 5.97 Å². The molecule has 0 atom stereocenters. The molecule has 4 aromatic rings. The van der Waals surface area contributed by atoms with E-state index in [1.54, 1.807) is 68.8 Å². The average Bonchev–Trinajstić information content (AvgIpc) is 3.37. The zero-order chi connectivity index (χ0) is 25.5.